The Balaban J connectivity index is 1.71. The number of nitrogens with zero attached hydrogens (tertiary/aromatic N) is 4. The van der Waals surface area contributed by atoms with E-state index >= 15 is 0 Å². The fourth-order valence-electron chi connectivity index (χ4n) is 3.08. The zero-order chi connectivity index (χ0) is 20.8. The molecule has 0 bridgehead atoms. The average Bonchev–Trinajstić information content (AvgIpc) is 3.09. The zero-order valence-corrected chi connectivity index (χ0v) is 15.6. The maximum Gasteiger partial charge on any atom is 0.330 e. The van der Waals surface area contributed by atoms with Gasteiger partial charge in [-0.05, 0) is 23.2 Å². The minimum absolute atomic E-state index is 0.0511. The summed E-state index contributed by atoms with van der Waals surface area (Å²) in [6.07, 6.45) is -3.03. The summed E-state index contributed by atoms with van der Waals surface area (Å²) in [7, 11) is 1.57. The number of ether oxygens (including phenoxy) is 3. The SMILES string of the molecule is COc1ccc(CO[C@H](CN=[N+]=[N-])[C@@H]2C[C@@H](F)[C@H](n3ccc(=O)[nH]c3=O)O2)cc1. The van der Waals surface area contributed by atoms with E-state index in [0.717, 1.165) is 16.2 Å². The minimum Gasteiger partial charge on any atom is -0.497 e. The van der Waals surface area contributed by atoms with Crippen LogP contribution in [0.5, 0.6) is 5.75 Å². The molecule has 0 aliphatic carbocycles. The first-order valence-corrected chi connectivity index (χ1v) is 8.88. The number of halogens is 1. The van der Waals surface area contributed by atoms with Gasteiger partial charge in [0.05, 0.1) is 32.5 Å². The smallest absolute Gasteiger partial charge is 0.330 e. The number of azide groups is 1. The maximum atomic E-state index is 14.6. The summed E-state index contributed by atoms with van der Waals surface area (Å²) in [5.74, 6) is 0.702. The van der Waals surface area contributed by atoms with E-state index < -0.39 is 35.9 Å². The van der Waals surface area contributed by atoms with Crippen LogP contribution < -0.4 is 16.0 Å². The summed E-state index contributed by atoms with van der Waals surface area (Å²) in [5, 5.41) is 3.53. The molecule has 1 aromatic carbocycles. The number of alkyl halides is 1. The molecule has 0 radical (unpaired) electrons. The van der Waals surface area contributed by atoms with Gasteiger partial charge in [0.2, 0.25) is 0 Å². The quantitative estimate of drug-likeness (QED) is 0.408. The van der Waals surface area contributed by atoms with E-state index in [1.165, 1.54) is 6.20 Å². The lowest BCUT2D eigenvalue weighted by Gasteiger charge is -2.23. The van der Waals surface area contributed by atoms with Gasteiger partial charge in [-0.3, -0.25) is 14.3 Å². The van der Waals surface area contributed by atoms with Crippen molar-refractivity contribution < 1.29 is 18.6 Å². The Labute approximate surface area is 164 Å². The molecule has 1 aromatic heterocycles. The molecule has 4 atom stereocenters. The highest BCUT2D eigenvalue weighted by Crippen LogP contribution is 2.33. The van der Waals surface area contributed by atoms with Crippen molar-refractivity contribution in [2.75, 3.05) is 13.7 Å². The Kier molecular flexibility index (Phi) is 6.65. The Morgan fingerprint density at radius 1 is 1.38 bits per heavy atom. The molecule has 0 amide bonds. The molecule has 1 aliphatic heterocycles. The zero-order valence-electron chi connectivity index (χ0n) is 15.6. The monoisotopic (exact) mass is 405 g/mol. The Bertz CT molecular complexity index is 985. The van der Waals surface area contributed by atoms with Gasteiger partial charge in [-0.2, -0.15) is 0 Å². The molecule has 29 heavy (non-hydrogen) atoms. The summed E-state index contributed by atoms with van der Waals surface area (Å²) in [5.41, 5.74) is 8.14. The second kappa shape index (κ2) is 9.37. The Morgan fingerprint density at radius 2 is 2.14 bits per heavy atom. The van der Waals surface area contributed by atoms with Crippen molar-refractivity contribution in [1.82, 2.24) is 9.55 Å². The molecule has 1 saturated heterocycles. The van der Waals surface area contributed by atoms with Gasteiger partial charge in [0, 0.05) is 23.6 Å². The van der Waals surface area contributed by atoms with Crippen LogP contribution in [-0.2, 0) is 16.1 Å². The number of benzene rings is 1. The van der Waals surface area contributed by atoms with Gasteiger partial charge >= 0.3 is 5.69 Å². The van der Waals surface area contributed by atoms with Crippen LogP contribution in [0.3, 0.4) is 0 Å². The topological polar surface area (TPSA) is 131 Å². The molecule has 0 spiro atoms. The third kappa shape index (κ3) is 5.02. The van der Waals surface area contributed by atoms with Crippen molar-refractivity contribution >= 4 is 0 Å². The van der Waals surface area contributed by atoms with Crippen LogP contribution in [0.15, 0.2) is 51.2 Å². The molecule has 1 N–H and O–H groups in total. The summed E-state index contributed by atoms with van der Waals surface area (Å²) < 4.78 is 32.2. The van der Waals surface area contributed by atoms with E-state index in [2.05, 4.69) is 15.0 Å². The normalized spacial score (nSPS) is 22.1. The molecule has 3 rings (SSSR count). The fraction of sp³-hybridized carbons (Fsp3) is 0.444. The predicted molar refractivity (Wildman–Crippen MR) is 100 cm³/mol. The third-order valence-corrected chi connectivity index (χ3v) is 4.57. The first-order valence-electron chi connectivity index (χ1n) is 8.88. The van der Waals surface area contributed by atoms with Crippen LogP contribution in [-0.4, -0.2) is 41.6 Å². The number of aromatic amines is 1. The molecule has 11 heteroatoms. The van der Waals surface area contributed by atoms with E-state index in [1.807, 2.05) is 12.1 Å². The summed E-state index contributed by atoms with van der Waals surface area (Å²) in [6.45, 7) is 0.132. The van der Waals surface area contributed by atoms with Gasteiger partial charge in [0.15, 0.2) is 6.23 Å². The highest BCUT2D eigenvalue weighted by atomic mass is 19.1. The first-order chi connectivity index (χ1) is 14.0. The van der Waals surface area contributed by atoms with Crippen molar-refractivity contribution in [1.29, 1.82) is 0 Å². The van der Waals surface area contributed by atoms with Crippen LogP contribution in [0.1, 0.15) is 18.2 Å². The molecule has 2 aromatic rings. The van der Waals surface area contributed by atoms with E-state index in [1.54, 1.807) is 19.2 Å². The number of methoxy groups -OCH3 is 1. The molecule has 1 fully saturated rings. The summed E-state index contributed by atoms with van der Waals surface area (Å²) >= 11 is 0. The Hall–Kier alpha value is -3.14. The van der Waals surface area contributed by atoms with Crippen LogP contribution in [0.2, 0.25) is 0 Å². The molecule has 0 saturated carbocycles. The van der Waals surface area contributed by atoms with E-state index in [9.17, 15) is 14.0 Å². The predicted octanol–water partition coefficient (Wildman–Crippen LogP) is 2.07. The molecule has 154 valence electrons. The van der Waals surface area contributed by atoms with Gasteiger partial charge in [-0.15, -0.1) is 0 Å². The standard InChI is InChI=1S/C18H20FN5O5/c1-27-12-4-2-11(3-5-12)10-28-15(9-21-23-20)14-8-13(19)17(29-14)24-7-6-16(25)22-18(24)26/h2-7,13-15,17H,8-10H2,1H3,(H,22,25,26)/t13-,14+,15-,17-/m1/s1. The van der Waals surface area contributed by atoms with Crippen LogP contribution in [0.25, 0.3) is 10.4 Å². The van der Waals surface area contributed by atoms with E-state index in [4.69, 9.17) is 19.7 Å². The molecular formula is C18H20FN5O5. The highest BCUT2D eigenvalue weighted by molar-refractivity contribution is 5.26. The van der Waals surface area contributed by atoms with Crippen molar-refractivity contribution in [3.05, 3.63) is 73.4 Å². The van der Waals surface area contributed by atoms with Crippen LogP contribution in [0.4, 0.5) is 4.39 Å². The molecule has 2 heterocycles. The minimum atomic E-state index is -1.50. The van der Waals surface area contributed by atoms with E-state index in [0.29, 0.717) is 5.75 Å². The summed E-state index contributed by atoms with van der Waals surface area (Å²) in [4.78, 5) is 27.9. The van der Waals surface area contributed by atoms with Crippen LogP contribution in [0, 0.1) is 0 Å². The van der Waals surface area contributed by atoms with E-state index in [-0.39, 0.29) is 19.6 Å². The van der Waals surface area contributed by atoms with Crippen molar-refractivity contribution in [2.24, 2.45) is 5.11 Å². The van der Waals surface area contributed by atoms with Crippen molar-refractivity contribution in [3.63, 3.8) is 0 Å². The highest BCUT2D eigenvalue weighted by Gasteiger charge is 2.41. The largest absolute Gasteiger partial charge is 0.497 e. The second-order valence-electron chi connectivity index (χ2n) is 6.45. The number of H-pyrrole nitrogens is 1. The molecule has 0 unspecified atom stereocenters. The lowest BCUT2D eigenvalue weighted by molar-refractivity contribution is -0.0936. The number of nitrogens with one attached hydrogen (secondary N) is 1. The molecular weight excluding hydrogens is 385 g/mol. The Morgan fingerprint density at radius 3 is 2.79 bits per heavy atom. The number of aromatic nitrogens is 2. The van der Waals surface area contributed by atoms with Crippen molar-refractivity contribution in [2.45, 2.75) is 37.6 Å². The number of rotatable bonds is 8. The molecule has 10 nitrogen and oxygen atoms in total. The third-order valence-electron chi connectivity index (χ3n) is 4.57. The van der Waals surface area contributed by atoms with Gasteiger partial charge < -0.3 is 14.2 Å². The second-order valence-corrected chi connectivity index (χ2v) is 6.45. The van der Waals surface area contributed by atoms with Gasteiger partial charge in [-0.1, -0.05) is 17.2 Å². The maximum absolute atomic E-state index is 14.6. The average molecular weight is 405 g/mol. The molecule has 1 aliphatic rings. The number of hydrogen-bond acceptors (Lipinski definition) is 6. The van der Waals surface area contributed by atoms with Gasteiger partial charge in [0.1, 0.15) is 11.9 Å². The lowest BCUT2D eigenvalue weighted by atomic mass is 10.1. The van der Waals surface area contributed by atoms with Crippen molar-refractivity contribution in [3.8, 4) is 5.75 Å². The lowest BCUT2D eigenvalue weighted by Crippen LogP contribution is -2.35. The first kappa shape index (κ1) is 20.6. The number of hydrogen-bond donors (Lipinski definition) is 1. The fourth-order valence-corrected chi connectivity index (χ4v) is 3.08. The van der Waals surface area contributed by atoms with Crippen LogP contribution >= 0.6 is 0 Å². The summed E-state index contributed by atoms with van der Waals surface area (Å²) in [6, 6.07) is 8.31. The van der Waals surface area contributed by atoms with Gasteiger partial charge in [-0.25, -0.2) is 9.18 Å². The van der Waals surface area contributed by atoms with Gasteiger partial charge in [0.25, 0.3) is 5.56 Å².